The van der Waals surface area contributed by atoms with Crippen LogP contribution >= 0.6 is 0 Å². The SMILES string of the molecule is COc1ccc(C(=O)O)nc1-c1cccc(C(=O)N[C@H]2CCCNC2=O)c1. The first-order valence-corrected chi connectivity index (χ1v) is 8.47. The molecule has 2 amide bonds. The number of carboxylic acids is 1. The van der Waals surface area contributed by atoms with E-state index in [1.54, 1.807) is 24.3 Å². The fraction of sp³-hybridized carbons (Fsp3) is 0.263. The molecule has 1 fully saturated rings. The Morgan fingerprint density at radius 1 is 1.30 bits per heavy atom. The average Bonchev–Trinajstić information content (AvgIpc) is 2.69. The molecule has 8 heteroatoms. The van der Waals surface area contributed by atoms with Gasteiger partial charge in [0.1, 0.15) is 23.2 Å². The van der Waals surface area contributed by atoms with E-state index in [0.29, 0.717) is 35.5 Å². The summed E-state index contributed by atoms with van der Waals surface area (Å²) in [6, 6.07) is 8.89. The molecule has 8 nitrogen and oxygen atoms in total. The fourth-order valence-corrected chi connectivity index (χ4v) is 2.90. The smallest absolute Gasteiger partial charge is 0.354 e. The zero-order chi connectivity index (χ0) is 19.4. The van der Waals surface area contributed by atoms with Crippen molar-refractivity contribution in [1.29, 1.82) is 0 Å². The summed E-state index contributed by atoms with van der Waals surface area (Å²) in [7, 11) is 1.46. The Labute approximate surface area is 155 Å². The van der Waals surface area contributed by atoms with Crippen molar-refractivity contribution in [1.82, 2.24) is 15.6 Å². The first kappa shape index (κ1) is 18.4. The summed E-state index contributed by atoms with van der Waals surface area (Å²) < 4.78 is 5.26. The number of benzene rings is 1. The van der Waals surface area contributed by atoms with Gasteiger partial charge < -0.3 is 20.5 Å². The third kappa shape index (κ3) is 4.05. The lowest BCUT2D eigenvalue weighted by Gasteiger charge is -2.22. The van der Waals surface area contributed by atoms with Crippen molar-refractivity contribution < 1.29 is 24.2 Å². The van der Waals surface area contributed by atoms with Crippen molar-refractivity contribution in [3.05, 3.63) is 47.7 Å². The Morgan fingerprint density at radius 3 is 2.81 bits per heavy atom. The number of methoxy groups -OCH3 is 1. The molecule has 3 N–H and O–H groups in total. The molecule has 0 unspecified atom stereocenters. The molecular weight excluding hydrogens is 350 g/mol. The highest BCUT2D eigenvalue weighted by molar-refractivity contribution is 5.98. The lowest BCUT2D eigenvalue weighted by Crippen LogP contribution is -2.50. The second-order valence-electron chi connectivity index (χ2n) is 6.09. The van der Waals surface area contributed by atoms with Crippen LogP contribution in [0.15, 0.2) is 36.4 Å². The van der Waals surface area contributed by atoms with Crippen LogP contribution in [0, 0.1) is 0 Å². The number of rotatable bonds is 5. The maximum absolute atomic E-state index is 12.5. The third-order valence-electron chi connectivity index (χ3n) is 4.29. The molecule has 1 aliphatic heterocycles. The van der Waals surface area contributed by atoms with Crippen molar-refractivity contribution in [2.24, 2.45) is 0 Å². The summed E-state index contributed by atoms with van der Waals surface area (Å²) in [4.78, 5) is 39.7. The predicted octanol–water partition coefficient (Wildman–Crippen LogP) is 1.46. The molecule has 1 atom stereocenters. The normalized spacial score (nSPS) is 16.3. The Hall–Kier alpha value is -3.42. The molecule has 0 radical (unpaired) electrons. The molecular formula is C19H19N3O5. The van der Waals surface area contributed by atoms with Crippen LogP contribution in [0.3, 0.4) is 0 Å². The lowest BCUT2D eigenvalue weighted by atomic mass is 10.0. The number of pyridine rings is 1. The molecule has 0 bridgehead atoms. The van der Waals surface area contributed by atoms with Gasteiger partial charge in [-0.1, -0.05) is 12.1 Å². The van der Waals surface area contributed by atoms with Gasteiger partial charge in [0, 0.05) is 17.7 Å². The van der Waals surface area contributed by atoms with Crippen molar-refractivity contribution in [3.8, 4) is 17.0 Å². The fourth-order valence-electron chi connectivity index (χ4n) is 2.90. The van der Waals surface area contributed by atoms with Crippen molar-refractivity contribution in [2.45, 2.75) is 18.9 Å². The summed E-state index contributed by atoms with van der Waals surface area (Å²) in [6.45, 7) is 0.617. The van der Waals surface area contributed by atoms with Crippen LogP contribution in [0.25, 0.3) is 11.3 Å². The van der Waals surface area contributed by atoms with E-state index in [0.717, 1.165) is 6.42 Å². The number of carbonyl (C=O) groups is 3. The van der Waals surface area contributed by atoms with Crippen LogP contribution in [0.2, 0.25) is 0 Å². The van der Waals surface area contributed by atoms with Gasteiger partial charge in [0.2, 0.25) is 5.91 Å². The molecule has 3 rings (SSSR count). The van der Waals surface area contributed by atoms with E-state index in [2.05, 4.69) is 15.6 Å². The average molecular weight is 369 g/mol. The summed E-state index contributed by atoms with van der Waals surface area (Å²) in [5, 5.41) is 14.6. The third-order valence-corrected chi connectivity index (χ3v) is 4.29. The van der Waals surface area contributed by atoms with E-state index < -0.39 is 12.0 Å². The van der Waals surface area contributed by atoms with Crippen LogP contribution in [0.1, 0.15) is 33.7 Å². The maximum Gasteiger partial charge on any atom is 0.354 e. The summed E-state index contributed by atoms with van der Waals surface area (Å²) in [5.41, 5.74) is 1.08. The van der Waals surface area contributed by atoms with Gasteiger partial charge in [0.15, 0.2) is 0 Å². The number of hydrogen-bond donors (Lipinski definition) is 3. The number of aromatic carboxylic acids is 1. The van der Waals surface area contributed by atoms with Crippen molar-refractivity contribution in [3.63, 3.8) is 0 Å². The molecule has 2 aromatic rings. The Balaban J connectivity index is 1.89. The quantitative estimate of drug-likeness (QED) is 0.734. The van der Waals surface area contributed by atoms with Crippen molar-refractivity contribution in [2.75, 3.05) is 13.7 Å². The van der Waals surface area contributed by atoms with Crippen LogP contribution in [-0.4, -0.2) is 47.6 Å². The Morgan fingerprint density at radius 2 is 2.11 bits per heavy atom. The number of aromatic nitrogens is 1. The largest absolute Gasteiger partial charge is 0.494 e. The van der Waals surface area contributed by atoms with Crippen LogP contribution in [-0.2, 0) is 4.79 Å². The summed E-state index contributed by atoms with van der Waals surface area (Å²) >= 11 is 0. The number of carbonyl (C=O) groups excluding carboxylic acids is 2. The van der Waals surface area contributed by atoms with Gasteiger partial charge in [0.05, 0.1) is 7.11 Å². The van der Waals surface area contributed by atoms with Gasteiger partial charge in [-0.15, -0.1) is 0 Å². The van der Waals surface area contributed by atoms with Gasteiger partial charge in [-0.25, -0.2) is 9.78 Å². The highest BCUT2D eigenvalue weighted by atomic mass is 16.5. The van der Waals surface area contributed by atoms with E-state index in [4.69, 9.17) is 9.84 Å². The number of hydrogen-bond acceptors (Lipinski definition) is 5. The zero-order valence-electron chi connectivity index (χ0n) is 14.7. The molecule has 0 spiro atoms. The minimum absolute atomic E-state index is 0.125. The molecule has 1 aromatic carbocycles. The van der Waals surface area contributed by atoms with E-state index >= 15 is 0 Å². The number of ether oxygens (including phenoxy) is 1. The van der Waals surface area contributed by atoms with Crippen molar-refractivity contribution >= 4 is 17.8 Å². The molecule has 1 saturated heterocycles. The number of amides is 2. The van der Waals surface area contributed by atoms with E-state index in [1.165, 1.54) is 19.2 Å². The highest BCUT2D eigenvalue weighted by Gasteiger charge is 2.24. The first-order chi connectivity index (χ1) is 13.0. The van der Waals surface area contributed by atoms with Crippen LogP contribution < -0.4 is 15.4 Å². The molecule has 1 aromatic heterocycles. The van der Waals surface area contributed by atoms with Gasteiger partial charge >= 0.3 is 5.97 Å². The number of piperidine rings is 1. The maximum atomic E-state index is 12.5. The first-order valence-electron chi connectivity index (χ1n) is 8.47. The molecule has 27 heavy (non-hydrogen) atoms. The standard InChI is InChI=1S/C19H19N3O5/c1-27-15-8-7-14(19(25)26)21-16(15)11-4-2-5-12(10-11)17(23)22-13-6-3-9-20-18(13)24/h2,4-5,7-8,10,13H,3,6,9H2,1H3,(H,20,24)(H,22,23)(H,25,26)/t13-/m0/s1. The number of nitrogens with zero attached hydrogens (tertiary/aromatic N) is 1. The summed E-state index contributed by atoms with van der Waals surface area (Å²) in [5.74, 6) is -1.34. The van der Waals surface area contributed by atoms with Crippen LogP contribution in [0.5, 0.6) is 5.75 Å². The van der Waals surface area contributed by atoms with Gasteiger partial charge in [0.25, 0.3) is 5.91 Å². The Kier molecular flexibility index (Phi) is 5.35. The minimum Gasteiger partial charge on any atom is -0.494 e. The monoisotopic (exact) mass is 369 g/mol. The second-order valence-corrected chi connectivity index (χ2v) is 6.09. The molecule has 2 heterocycles. The van der Waals surface area contributed by atoms with E-state index in [-0.39, 0.29) is 17.5 Å². The summed E-state index contributed by atoms with van der Waals surface area (Å²) in [6.07, 6.45) is 1.40. The van der Waals surface area contributed by atoms with E-state index in [1.807, 2.05) is 0 Å². The van der Waals surface area contributed by atoms with Gasteiger partial charge in [-0.05, 0) is 37.1 Å². The zero-order valence-corrected chi connectivity index (χ0v) is 14.7. The molecule has 0 aliphatic carbocycles. The lowest BCUT2D eigenvalue weighted by molar-refractivity contribution is -0.124. The van der Waals surface area contributed by atoms with Gasteiger partial charge in [-0.3, -0.25) is 9.59 Å². The number of nitrogens with one attached hydrogen (secondary N) is 2. The predicted molar refractivity (Wildman–Crippen MR) is 96.7 cm³/mol. The topological polar surface area (TPSA) is 118 Å². The molecule has 140 valence electrons. The molecule has 0 saturated carbocycles. The molecule has 1 aliphatic rings. The number of carboxylic acid groups (broad SMARTS) is 1. The van der Waals surface area contributed by atoms with Crippen LogP contribution in [0.4, 0.5) is 0 Å². The highest BCUT2D eigenvalue weighted by Crippen LogP contribution is 2.29. The Bertz CT molecular complexity index is 897. The second kappa shape index (κ2) is 7.86. The van der Waals surface area contributed by atoms with E-state index in [9.17, 15) is 14.4 Å². The minimum atomic E-state index is -1.16. The van der Waals surface area contributed by atoms with Gasteiger partial charge in [-0.2, -0.15) is 0 Å².